The summed E-state index contributed by atoms with van der Waals surface area (Å²) in [6.07, 6.45) is 4.33. The van der Waals surface area contributed by atoms with Crippen LogP contribution >= 0.6 is 0 Å². The Labute approximate surface area is 162 Å². The van der Waals surface area contributed by atoms with Crippen LogP contribution in [0.3, 0.4) is 0 Å². The maximum absolute atomic E-state index is 12.9. The van der Waals surface area contributed by atoms with Gasteiger partial charge in [-0.15, -0.1) is 0 Å². The highest BCUT2D eigenvalue weighted by Gasteiger charge is 2.45. The van der Waals surface area contributed by atoms with Gasteiger partial charge in [0.2, 0.25) is 17.7 Å². The van der Waals surface area contributed by atoms with E-state index in [1.54, 1.807) is 12.1 Å². The van der Waals surface area contributed by atoms with Crippen molar-refractivity contribution < 1.29 is 24.0 Å². The van der Waals surface area contributed by atoms with Crippen LogP contribution in [0.1, 0.15) is 72.6 Å². The summed E-state index contributed by atoms with van der Waals surface area (Å²) in [4.78, 5) is 62.2. The molecule has 5 amide bonds. The summed E-state index contributed by atoms with van der Waals surface area (Å²) in [5, 5.41) is 4.88. The van der Waals surface area contributed by atoms with Gasteiger partial charge in [0.05, 0.1) is 16.8 Å². The van der Waals surface area contributed by atoms with Crippen molar-refractivity contribution in [2.75, 3.05) is 5.32 Å². The normalized spacial score (nSPS) is 18.9. The predicted octanol–water partition coefficient (Wildman–Crippen LogP) is 2.00. The van der Waals surface area contributed by atoms with Gasteiger partial charge in [-0.25, -0.2) is 0 Å². The summed E-state index contributed by atoms with van der Waals surface area (Å²) in [7, 11) is 0. The molecule has 0 bridgehead atoms. The van der Waals surface area contributed by atoms with E-state index >= 15 is 0 Å². The Balaban J connectivity index is 1.77. The molecular weight excluding hydrogens is 362 g/mol. The molecule has 2 aliphatic heterocycles. The van der Waals surface area contributed by atoms with E-state index in [1.807, 2.05) is 0 Å². The van der Waals surface area contributed by atoms with Gasteiger partial charge in [-0.05, 0) is 25.0 Å². The lowest BCUT2D eigenvalue weighted by atomic mass is 10.0. The number of carbonyl (C=O) groups excluding carboxylic acids is 5. The molecule has 0 unspecified atom stereocenters. The molecule has 0 saturated carbocycles. The highest BCUT2D eigenvalue weighted by molar-refractivity contribution is 6.26. The van der Waals surface area contributed by atoms with Crippen LogP contribution < -0.4 is 10.6 Å². The number of hydrogen-bond acceptors (Lipinski definition) is 5. The molecule has 0 aromatic heterocycles. The van der Waals surface area contributed by atoms with E-state index in [2.05, 4.69) is 17.6 Å². The van der Waals surface area contributed by atoms with Crippen LogP contribution in [0.4, 0.5) is 5.69 Å². The second kappa shape index (κ2) is 8.33. The summed E-state index contributed by atoms with van der Waals surface area (Å²) < 4.78 is 0. The van der Waals surface area contributed by atoms with Crippen molar-refractivity contribution in [2.24, 2.45) is 0 Å². The quantitative estimate of drug-likeness (QED) is 0.551. The highest BCUT2D eigenvalue weighted by atomic mass is 16.2. The molecular formula is C20H23N3O5. The van der Waals surface area contributed by atoms with Gasteiger partial charge in [0.25, 0.3) is 11.8 Å². The minimum atomic E-state index is -1.03. The summed E-state index contributed by atoms with van der Waals surface area (Å²) in [5.74, 6) is -2.52. The second-order valence-electron chi connectivity index (χ2n) is 7.03. The van der Waals surface area contributed by atoms with E-state index in [0.717, 1.165) is 30.6 Å². The van der Waals surface area contributed by atoms with Crippen LogP contribution in [0, 0.1) is 0 Å². The first-order valence-electron chi connectivity index (χ1n) is 9.58. The fourth-order valence-electron chi connectivity index (χ4n) is 3.54. The number of rotatable bonds is 7. The van der Waals surface area contributed by atoms with Crippen LogP contribution in [0.2, 0.25) is 0 Å². The number of anilines is 1. The number of hydrogen-bond donors (Lipinski definition) is 2. The van der Waals surface area contributed by atoms with Gasteiger partial charge in [0, 0.05) is 12.8 Å². The third-order valence-corrected chi connectivity index (χ3v) is 5.00. The third kappa shape index (κ3) is 3.81. The molecule has 2 N–H and O–H groups in total. The molecule has 1 atom stereocenters. The van der Waals surface area contributed by atoms with Crippen molar-refractivity contribution in [1.29, 1.82) is 0 Å². The minimum Gasteiger partial charge on any atom is -0.325 e. The summed E-state index contributed by atoms with van der Waals surface area (Å²) in [5.41, 5.74) is 0.517. The lowest BCUT2D eigenvalue weighted by molar-refractivity contribution is -0.136. The molecule has 1 aromatic carbocycles. The first kappa shape index (κ1) is 19.7. The fourth-order valence-corrected chi connectivity index (χ4v) is 3.54. The zero-order valence-corrected chi connectivity index (χ0v) is 15.7. The number of nitrogens with one attached hydrogen (secondary N) is 2. The lowest BCUT2D eigenvalue weighted by Crippen LogP contribution is -2.54. The fraction of sp³-hybridized carbons (Fsp3) is 0.450. The molecule has 8 heteroatoms. The molecule has 0 radical (unpaired) electrons. The number of carbonyl (C=O) groups is 5. The molecule has 2 heterocycles. The van der Waals surface area contributed by atoms with Crippen LogP contribution in [0.25, 0.3) is 0 Å². The van der Waals surface area contributed by atoms with Gasteiger partial charge in [0.15, 0.2) is 0 Å². The largest absolute Gasteiger partial charge is 0.325 e. The number of piperidine rings is 1. The Morgan fingerprint density at radius 3 is 2.64 bits per heavy atom. The summed E-state index contributed by atoms with van der Waals surface area (Å²) in [6, 6.07) is 3.63. The first-order chi connectivity index (χ1) is 13.4. The molecule has 1 aromatic rings. The summed E-state index contributed by atoms with van der Waals surface area (Å²) >= 11 is 0. The molecule has 3 rings (SSSR count). The number of imide groups is 2. The molecule has 148 valence electrons. The highest BCUT2D eigenvalue weighted by Crippen LogP contribution is 2.32. The Hall–Kier alpha value is -3.03. The standard InChI is InChI=1S/C20H23N3O5/c1-2-3-4-5-9-15(24)21-13-8-6-7-12-17(13)20(28)23(19(12)27)14-10-11-16(25)22-18(14)26/h6-8,14H,2-5,9-11H2,1H3,(H,21,24)(H,22,25,26)/t14-/m1/s1. The zero-order valence-electron chi connectivity index (χ0n) is 15.7. The van der Waals surface area contributed by atoms with Crippen molar-refractivity contribution in [2.45, 2.75) is 57.9 Å². The van der Waals surface area contributed by atoms with Gasteiger partial charge in [-0.2, -0.15) is 0 Å². The van der Waals surface area contributed by atoms with Crippen LogP contribution in [0.15, 0.2) is 18.2 Å². The molecule has 8 nitrogen and oxygen atoms in total. The molecule has 0 spiro atoms. The van der Waals surface area contributed by atoms with Crippen LogP contribution in [0.5, 0.6) is 0 Å². The second-order valence-corrected chi connectivity index (χ2v) is 7.03. The maximum Gasteiger partial charge on any atom is 0.264 e. The number of fused-ring (bicyclic) bond motifs is 1. The Morgan fingerprint density at radius 2 is 1.93 bits per heavy atom. The van der Waals surface area contributed by atoms with E-state index < -0.39 is 29.7 Å². The van der Waals surface area contributed by atoms with Crippen molar-refractivity contribution in [3.8, 4) is 0 Å². The maximum atomic E-state index is 12.9. The van der Waals surface area contributed by atoms with Crippen molar-refractivity contribution in [3.05, 3.63) is 29.3 Å². The monoisotopic (exact) mass is 385 g/mol. The average Bonchev–Trinajstić information content (AvgIpc) is 2.91. The van der Waals surface area contributed by atoms with Crippen LogP contribution in [-0.2, 0) is 14.4 Å². The zero-order chi connectivity index (χ0) is 20.3. The van der Waals surface area contributed by atoms with Gasteiger partial charge in [0.1, 0.15) is 6.04 Å². The van der Waals surface area contributed by atoms with Crippen molar-refractivity contribution >= 4 is 35.2 Å². The molecule has 1 fully saturated rings. The van der Waals surface area contributed by atoms with Gasteiger partial charge >= 0.3 is 0 Å². The molecule has 28 heavy (non-hydrogen) atoms. The number of benzene rings is 1. The van der Waals surface area contributed by atoms with Crippen molar-refractivity contribution in [3.63, 3.8) is 0 Å². The molecule has 0 aliphatic carbocycles. The molecule has 1 saturated heterocycles. The van der Waals surface area contributed by atoms with E-state index in [-0.39, 0.29) is 35.6 Å². The van der Waals surface area contributed by atoms with Crippen molar-refractivity contribution in [1.82, 2.24) is 10.2 Å². The third-order valence-electron chi connectivity index (χ3n) is 5.00. The van der Waals surface area contributed by atoms with Gasteiger partial charge in [-0.3, -0.25) is 34.2 Å². The van der Waals surface area contributed by atoms with E-state index in [4.69, 9.17) is 0 Å². The number of nitrogens with zero attached hydrogens (tertiary/aromatic N) is 1. The van der Waals surface area contributed by atoms with Gasteiger partial charge < -0.3 is 5.32 Å². The number of unbranched alkanes of at least 4 members (excludes halogenated alkanes) is 3. The topological polar surface area (TPSA) is 113 Å². The van der Waals surface area contributed by atoms with E-state index in [9.17, 15) is 24.0 Å². The summed E-state index contributed by atoms with van der Waals surface area (Å²) in [6.45, 7) is 2.09. The average molecular weight is 385 g/mol. The van der Waals surface area contributed by atoms with E-state index in [1.165, 1.54) is 6.07 Å². The van der Waals surface area contributed by atoms with Gasteiger partial charge in [-0.1, -0.05) is 32.3 Å². The Bertz CT molecular complexity index is 848. The first-order valence-corrected chi connectivity index (χ1v) is 9.58. The predicted molar refractivity (Wildman–Crippen MR) is 101 cm³/mol. The smallest absolute Gasteiger partial charge is 0.264 e. The van der Waals surface area contributed by atoms with Crippen LogP contribution in [-0.4, -0.2) is 40.5 Å². The minimum absolute atomic E-state index is 0.0607. The Kier molecular flexibility index (Phi) is 5.87. The van der Waals surface area contributed by atoms with E-state index in [0.29, 0.717) is 6.42 Å². The number of amides is 5. The Morgan fingerprint density at radius 1 is 1.14 bits per heavy atom. The molecule has 2 aliphatic rings. The lowest BCUT2D eigenvalue weighted by Gasteiger charge is -2.27. The SMILES string of the molecule is CCCCCCC(=O)Nc1cccc2c1C(=O)N([C@@H]1CCC(=O)NC1=O)C2=O.